The van der Waals surface area contributed by atoms with Crippen LogP contribution < -0.4 is 15.1 Å². The first-order chi connectivity index (χ1) is 18.7. The molecular formula is C29H36N6O3. The van der Waals surface area contributed by atoms with Gasteiger partial charge < -0.3 is 19.9 Å². The molecule has 0 spiro atoms. The molecule has 0 bridgehead atoms. The number of carbonyl (C=O) groups excluding carboxylic acids is 2. The molecule has 0 aliphatic carbocycles. The normalized spacial score (nSPS) is 17.8. The summed E-state index contributed by atoms with van der Waals surface area (Å²) in [6.07, 6.45) is 5.44. The van der Waals surface area contributed by atoms with Crippen LogP contribution in [-0.2, 0) is 4.74 Å². The molecule has 0 radical (unpaired) electrons. The highest BCUT2D eigenvalue weighted by atomic mass is 16.6. The van der Waals surface area contributed by atoms with Crippen LogP contribution in [0.4, 0.5) is 26.7 Å². The van der Waals surface area contributed by atoms with Crippen molar-refractivity contribution in [2.45, 2.75) is 45.4 Å². The quantitative estimate of drug-likeness (QED) is 0.484. The maximum Gasteiger partial charge on any atom is 0.414 e. The average Bonchev–Trinajstić information content (AvgIpc) is 3.66. The zero-order valence-electron chi connectivity index (χ0n) is 22.2. The van der Waals surface area contributed by atoms with Crippen LogP contribution in [0.5, 0.6) is 0 Å². The summed E-state index contributed by atoms with van der Waals surface area (Å²) in [7, 11) is 0. The largest absolute Gasteiger partial charge is 0.447 e. The molecule has 3 aliphatic heterocycles. The third kappa shape index (κ3) is 5.37. The Bertz CT molecular complexity index is 1270. The van der Waals surface area contributed by atoms with Crippen LogP contribution in [-0.4, -0.2) is 66.3 Å². The predicted molar refractivity (Wildman–Crippen MR) is 150 cm³/mol. The van der Waals surface area contributed by atoms with E-state index in [4.69, 9.17) is 4.74 Å². The van der Waals surface area contributed by atoms with Crippen LogP contribution >= 0.6 is 0 Å². The summed E-state index contributed by atoms with van der Waals surface area (Å²) in [5, 5.41) is 4.05. The average molecular weight is 517 g/mol. The second-order valence-corrected chi connectivity index (χ2v) is 9.66. The number of ether oxygens (including phenoxy) is 1. The Labute approximate surface area is 223 Å². The van der Waals surface area contributed by atoms with Gasteiger partial charge in [0, 0.05) is 54.5 Å². The predicted octanol–water partition coefficient (Wildman–Crippen LogP) is 5.62. The van der Waals surface area contributed by atoms with Crippen molar-refractivity contribution in [3.05, 3.63) is 54.5 Å². The lowest BCUT2D eigenvalue weighted by molar-refractivity contribution is 0.181. The van der Waals surface area contributed by atoms with Gasteiger partial charge in [0.15, 0.2) is 0 Å². The standard InChI is InChI=1S/C27H30N6O3.C2H6/c34-26(30-20-3-5-21(6-4-20)31-11-1-2-12-31)32-13-9-19(10-14-32)25-23-8-7-22(17-24(23)28-18-29-25)33-15-16-36-27(33)35;1-2/h3-8,17-19H,1-2,9-16H2,(H,30,34);1-2H3. The summed E-state index contributed by atoms with van der Waals surface area (Å²) in [5.74, 6) is 0.252. The monoisotopic (exact) mass is 516 g/mol. The topological polar surface area (TPSA) is 90.9 Å². The first-order valence-corrected chi connectivity index (χ1v) is 13.8. The number of hydrogen-bond donors (Lipinski definition) is 1. The highest BCUT2D eigenvalue weighted by molar-refractivity contribution is 5.93. The maximum absolute atomic E-state index is 12.9. The van der Waals surface area contributed by atoms with Gasteiger partial charge in [0.25, 0.3) is 0 Å². The number of hydrogen-bond acceptors (Lipinski definition) is 6. The third-order valence-electron chi connectivity index (χ3n) is 7.48. The van der Waals surface area contributed by atoms with Crippen LogP contribution in [0.15, 0.2) is 48.8 Å². The Balaban J connectivity index is 0.00000144. The minimum absolute atomic E-state index is 0.0583. The van der Waals surface area contributed by atoms with Gasteiger partial charge in [-0.1, -0.05) is 13.8 Å². The van der Waals surface area contributed by atoms with E-state index in [-0.39, 0.29) is 18.0 Å². The smallest absolute Gasteiger partial charge is 0.414 e. The third-order valence-corrected chi connectivity index (χ3v) is 7.48. The van der Waals surface area contributed by atoms with E-state index in [1.165, 1.54) is 18.5 Å². The number of nitrogens with zero attached hydrogens (tertiary/aromatic N) is 5. The van der Waals surface area contributed by atoms with E-state index in [2.05, 4.69) is 32.3 Å². The molecule has 0 unspecified atom stereocenters. The zero-order chi connectivity index (χ0) is 26.5. The summed E-state index contributed by atoms with van der Waals surface area (Å²) in [4.78, 5) is 39.8. The van der Waals surface area contributed by atoms with Crippen LogP contribution in [0.3, 0.4) is 0 Å². The van der Waals surface area contributed by atoms with Gasteiger partial charge in [-0.25, -0.2) is 19.6 Å². The van der Waals surface area contributed by atoms with Gasteiger partial charge in [-0.15, -0.1) is 0 Å². The SMILES string of the molecule is CC.O=C(Nc1ccc(N2CCCC2)cc1)N1CCC(c2ncnc3cc(N4CCOC4=O)ccc23)CC1. The molecule has 2 aromatic carbocycles. The highest BCUT2D eigenvalue weighted by Gasteiger charge is 2.27. The number of urea groups is 1. The van der Waals surface area contributed by atoms with Crippen molar-refractivity contribution in [2.24, 2.45) is 0 Å². The minimum Gasteiger partial charge on any atom is -0.447 e. The molecule has 6 rings (SSSR count). The summed E-state index contributed by atoms with van der Waals surface area (Å²) >= 11 is 0. The molecule has 3 aliphatic rings. The van der Waals surface area contributed by atoms with Gasteiger partial charge in [-0.2, -0.15) is 0 Å². The first-order valence-electron chi connectivity index (χ1n) is 13.8. The number of carbonyl (C=O) groups is 2. The van der Waals surface area contributed by atoms with Crippen LogP contribution in [0.1, 0.15) is 51.1 Å². The number of likely N-dealkylation sites (tertiary alicyclic amines) is 1. The molecule has 200 valence electrons. The Kier molecular flexibility index (Phi) is 7.91. The minimum atomic E-state index is -0.322. The van der Waals surface area contributed by atoms with Crippen LogP contribution in [0, 0.1) is 0 Å². The number of amides is 3. The summed E-state index contributed by atoms with van der Waals surface area (Å²) in [6, 6.07) is 13.9. The van der Waals surface area contributed by atoms with Crippen molar-refractivity contribution in [1.29, 1.82) is 0 Å². The van der Waals surface area contributed by atoms with Crippen molar-refractivity contribution >= 4 is 40.1 Å². The van der Waals surface area contributed by atoms with E-state index in [0.717, 1.165) is 53.9 Å². The second kappa shape index (κ2) is 11.7. The number of fused-ring (bicyclic) bond motifs is 1. The van der Waals surface area contributed by atoms with Gasteiger partial charge in [-0.3, -0.25) is 4.90 Å². The molecular weight excluding hydrogens is 480 g/mol. The zero-order valence-corrected chi connectivity index (χ0v) is 22.2. The molecule has 38 heavy (non-hydrogen) atoms. The Hall–Kier alpha value is -3.88. The van der Waals surface area contributed by atoms with Gasteiger partial charge in [-0.05, 0) is 68.1 Å². The van der Waals surface area contributed by atoms with Crippen molar-refractivity contribution < 1.29 is 14.3 Å². The van der Waals surface area contributed by atoms with E-state index in [0.29, 0.717) is 26.2 Å². The molecule has 3 saturated heterocycles. The lowest BCUT2D eigenvalue weighted by Gasteiger charge is -2.32. The summed E-state index contributed by atoms with van der Waals surface area (Å²) < 4.78 is 5.06. The molecule has 3 fully saturated rings. The highest BCUT2D eigenvalue weighted by Crippen LogP contribution is 2.33. The maximum atomic E-state index is 12.9. The first kappa shape index (κ1) is 25.8. The van der Waals surface area contributed by atoms with Crippen molar-refractivity contribution in [3.8, 4) is 0 Å². The molecule has 1 N–H and O–H groups in total. The van der Waals surface area contributed by atoms with E-state index in [1.807, 2.05) is 49.1 Å². The Morgan fingerprint density at radius 3 is 2.32 bits per heavy atom. The fourth-order valence-corrected chi connectivity index (χ4v) is 5.48. The summed E-state index contributed by atoms with van der Waals surface area (Å²) in [5.41, 5.74) is 4.65. The molecule has 1 aromatic heterocycles. The van der Waals surface area contributed by atoms with Gasteiger partial charge >= 0.3 is 12.1 Å². The molecule has 9 heteroatoms. The number of aromatic nitrogens is 2. The molecule has 0 atom stereocenters. The van der Waals surface area contributed by atoms with E-state index in [1.54, 1.807) is 11.2 Å². The number of nitrogens with one attached hydrogen (secondary N) is 1. The molecule has 3 amide bonds. The lowest BCUT2D eigenvalue weighted by atomic mass is 9.91. The van der Waals surface area contributed by atoms with Gasteiger partial charge in [0.05, 0.1) is 17.8 Å². The number of benzene rings is 2. The molecule has 9 nitrogen and oxygen atoms in total. The van der Waals surface area contributed by atoms with E-state index in [9.17, 15) is 9.59 Å². The second-order valence-electron chi connectivity index (χ2n) is 9.66. The van der Waals surface area contributed by atoms with Crippen molar-refractivity contribution in [2.75, 3.05) is 54.4 Å². The fraction of sp³-hybridized carbons (Fsp3) is 0.448. The number of piperidine rings is 1. The van der Waals surface area contributed by atoms with Crippen LogP contribution in [0.25, 0.3) is 10.9 Å². The Morgan fingerprint density at radius 1 is 0.921 bits per heavy atom. The van der Waals surface area contributed by atoms with Gasteiger partial charge in [0.2, 0.25) is 0 Å². The molecule has 0 saturated carbocycles. The number of rotatable bonds is 4. The fourth-order valence-electron chi connectivity index (χ4n) is 5.48. The Morgan fingerprint density at radius 2 is 1.63 bits per heavy atom. The van der Waals surface area contributed by atoms with Gasteiger partial charge in [0.1, 0.15) is 12.9 Å². The van der Waals surface area contributed by atoms with Crippen LogP contribution in [0.2, 0.25) is 0 Å². The number of cyclic esters (lactones) is 1. The van der Waals surface area contributed by atoms with Crippen molar-refractivity contribution in [3.63, 3.8) is 0 Å². The van der Waals surface area contributed by atoms with E-state index < -0.39 is 0 Å². The molecule has 3 aromatic rings. The number of anilines is 3. The lowest BCUT2D eigenvalue weighted by Crippen LogP contribution is -2.40. The summed E-state index contributed by atoms with van der Waals surface area (Å²) in [6.45, 7) is 8.51. The van der Waals surface area contributed by atoms with Crippen molar-refractivity contribution in [1.82, 2.24) is 14.9 Å². The van der Waals surface area contributed by atoms with E-state index >= 15 is 0 Å². The molecule has 4 heterocycles.